The van der Waals surface area contributed by atoms with Gasteiger partial charge in [-0.1, -0.05) is 24.3 Å². The van der Waals surface area contributed by atoms with Crippen molar-refractivity contribution in [3.63, 3.8) is 0 Å². The van der Waals surface area contributed by atoms with E-state index in [0.717, 1.165) is 5.56 Å². The summed E-state index contributed by atoms with van der Waals surface area (Å²) in [5.74, 6) is -0.303. The van der Waals surface area contributed by atoms with Gasteiger partial charge in [-0.15, -0.1) is 0 Å². The van der Waals surface area contributed by atoms with Crippen molar-refractivity contribution in [2.45, 2.75) is 6.92 Å². The Labute approximate surface area is 133 Å². The van der Waals surface area contributed by atoms with Gasteiger partial charge in [-0.2, -0.15) is 0 Å². The second kappa shape index (κ2) is 6.32. The van der Waals surface area contributed by atoms with Crippen LogP contribution in [-0.4, -0.2) is 5.91 Å². The van der Waals surface area contributed by atoms with E-state index in [1.165, 1.54) is 18.4 Å². The van der Waals surface area contributed by atoms with Gasteiger partial charge in [0.25, 0.3) is 0 Å². The second-order valence-electron chi connectivity index (χ2n) is 5.21. The molecule has 0 saturated heterocycles. The van der Waals surface area contributed by atoms with Crippen LogP contribution in [0.5, 0.6) is 0 Å². The Hall–Kier alpha value is -3.14. The number of nitrogens with one attached hydrogen (secondary N) is 1. The summed E-state index contributed by atoms with van der Waals surface area (Å²) in [5, 5.41) is 3.25. The van der Waals surface area contributed by atoms with Crippen molar-refractivity contribution in [2.75, 3.05) is 5.32 Å². The van der Waals surface area contributed by atoms with Gasteiger partial charge in [0.1, 0.15) is 11.8 Å². The second-order valence-corrected chi connectivity index (χ2v) is 5.21. The lowest BCUT2D eigenvalue weighted by Crippen LogP contribution is -2.09. The molecule has 0 fully saturated rings. The molecule has 0 unspecified atom stereocenters. The molecule has 0 spiro atoms. The smallest absolute Gasteiger partial charge is 0.248 e. The molecule has 0 atom stereocenters. The molecule has 3 rings (SSSR count). The highest BCUT2D eigenvalue weighted by Gasteiger charge is 2.04. The number of carbonyl (C=O) groups excluding carboxylic acids is 1. The van der Waals surface area contributed by atoms with E-state index in [9.17, 15) is 9.59 Å². The van der Waals surface area contributed by atoms with Crippen LogP contribution >= 0.6 is 0 Å². The van der Waals surface area contributed by atoms with Crippen molar-refractivity contribution in [2.24, 2.45) is 0 Å². The lowest BCUT2D eigenvalue weighted by molar-refractivity contribution is -0.111. The quantitative estimate of drug-likeness (QED) is 0.750. The Kier molecular flexibility index (Phi) is 4.06. The summed E-state index contributed by atoms with van der Waals surface area (Å²) in [6, 6.07) is 14.5. The normalized spacial score (nSPS) is 11.0. The molecule has 23 heavy (non-hydrogen) atoms. The molecule has 4 heteroatoms. The van der Waals surface area contributed by atoms with Crippen LogP contribution in [-0.2, 0) is 4.79 Å². The van der Waals surface area contributed by atoms with Crippen LogP contribution in [0.3, 0.4) is 0 Å². The van der Waals surface area contributed by atoms with E-state index in [2.05, 4.69) is 5.32 Å². The molecule has 0 aliphatic rings. The maximum Gasteiger partial charge on any atom is 0.248 e. The maximum absolute atomic E-state index is 12.3. The molecule has 114 valence electrons. The molecule has 2 aromatic carbocycles. The largest absolute Gasteiger partial charge is 0.463 e. The first-order valence-corrected chi connectivity index (χ1v) is 7.20. The molecule has 0 saturated carbocycles. The molecule has 1 N–H and O–H groups in total. The van der Waals surface area contributed by atoms with Crippen molar-refractivity contribution in [3.05, 3.63) is 82.2 Å². The van der Waals surface area contributed by atoms with Gasteiger partial charge in [0, 0.05) is 11.8 Å². The zero-order valence-electron chi connectivity index (χ0n) is 12.6. The van der Waals surface area contributed by atoms with Crippen LogP contribution in [0.15, 0.2) is 70.1 Å². The van der Waals surface area contributed by atoms with E-state index in [4.69, 9.17) is 4.42 Å². The van der Waals surface area contributed by atoms with E-state index < -0.39 is 0 Å². The lowest BCUT2D eigenvalue weighted by atomic mass is 10.1. The number of amides is 1. The predicted octanol–water partition coefficient (Wildman–Crippen LogP) is 3.75. The number of aryl methyl sites for hydroxylation is 1. The summed E-state index contributed by atoms with van der Waals surface area (Å²) >= 11 is 0. The SMILES string of the molecule is Cc1cccc(NC(=O)/C=C/c2coc3ccccc3c2=O)c1. The van der Waals surface area contributed by atoms with Gasteiger partial charge in [0.2, 0.25) is 5.91 Å². The van der Waals surface area contributed by atoms with Gasteiger partial charge < -0.3 is 9.73 Å². The first kappa shape index (κ1) is 14.8. The zero-order valence-corrected chi connectivity index (χ0v) is 12.6. The Morgan fingerprint density at radius 1 is 1.13 bits per heavy atom. The number of benzene rings is 2. The van der Waals surface area contributed by atoms with Gasteiger partial charge in [-0.3, -0.25) is 9.59 Å². The third-order valence-electron chi connectivity index (χ3n) is 3.41. The molecule has 4 nitrogen and oxygen atoms in total. The highest BCUT2D eigenvalue weighted by molar-refractivity contribution is 6.02. The molecular formula is C19H15NO3. The monoisotopic (exact) mass is 305 g/mol. The fourth-order valence-corrected chi connectivity index (χ4v) is 2.28. The number of para-hydroxylation sites is 1. The topological polar surface area (TPSA) is 59.3 Å². The number of hydrogen-bond donors (Lipinski definition) is 1. The van der Waals surface area contributed by atoms with Crippen molar-refractivity contribution in [1.29, 1.82) is 0 Å². The van der Waals surface area contributed by atoms with Gasteiger partial charge in [-0.05, 0) is 42.8 Å². The predicted molar refractivity (Wildman–Crippen MR) is 91.3 cm³/mol. The van der Waals surface area contributed by atoms with E-state index in [1.807, 2.05) is 31.2 Å². The summed E-state index contributed by atoms with van der Waals surface area (Å²) in [4.78, 5) is 24.2. The van der Waals surface area contributed by atoms with Crippen molar-refractivity contribution < 1.29 is 9.21 Å². The van der Waals surface area contributed by atoms with Crippen molar-refractivity contribution in [3.8, 4) is 0 Å². The van der Waals surface area contributed by atoms with Gasteiger partial charge >= 0.3 is 0 Å². The molecule has 1 amide bonds. The minimum absolute atomic E-state index is 0.161. The maximum atomic E-state index is 12.3. The summed E-state index contributed by atoms with van der Waals surface area (Å²) in [6.07, 6.45) is 4.15. The molecule has 0 bridgehead atoms. The van der Waals surface area contributed by atoms with E-state index >= 15 is 0 Å². The highest BCUT2D eigenvalue weighted by Crippen LogP contribution is 2.12. The summed E-state index contributed by atoms with van der Waals surface area (Å²) < 4.78 is 5.41. The Bertz CT molecular complexity index is 954. The van der Waals surface area contributed by atoms with Gasteiger partial charge in [-0.25, -0.2) is 0 Å². The number of fused-ring (bicyclic) bond motifs is 1. The fourth-order valence-electron chi connectivity index (χ4n) is 2.28. The number of carbonyl (C=O) groups is 1. The third kappa shape index (κ3) is 3.37. The third-order valence-corrected chi connectivity index (χ3v) is 3.41. The summed E-state index contributed by atoms with van der Waals surface area (Å²) in [6.45, 7) is 1.95. The molecule has 0 aliphatic heterocycles. The standard InChI is InChI=1S/C19H15NO3/c1-13-5-4-6-15(11-13)20-18(21)10-9-14-12-23-17-8-3-2-7-16(17)19(14)22/h2-12H,1H3,(H,20,21)/b10-9+. The lowest BCUT2D eigenvalue weighted by Gasteiger charge is -2.02. The molecular weight excluding hydrogens is 290 g/mol. The van der Waals surface area contributed by atoms with Crippen LogP contribution in [0.2, 0.25) is 0 Å². The minimum atomic E-state index is -0.303. The fraction of sp³-hybridized carbons (Fsp3) is 0.0526. The van der Waals surface area contributed by atoms with Crippen LogP contribution in [0.4, 0.5) is 5.69 Å². The number of hydrogen-bond acceptors (Lipinski definition) is 3. The Morgan fingerprint density at radius 3 is 2.78 bits per heavy atom. The Morgan fingerprint density at radius 2 is 1.96 bits per heavy atom. The first-order valence-electron chi connectivity index (χ1n) is 7.20. The van der Waals surface area contributed by atoms with Crippen LogP contribution < -0.4 is 10.7 Å². The molecule has 0 aliphatic carbocycles. The molecule has 1 heterocycles. The molecule has 3 aromatic rings. The number of anilines is 1. The molecule has 1 aromatic heterocycles. The average molecular weight is 305 g/mol. The van der Waals surface area contributed by atoms with E-state index in [-0.39, 0.29) is 11.3 Å². The van der Waals surface area contributed by atoms with Gasteiger partial charge in [0.15, 0.2) is 5.43 Å². The van der Waals surface area contributed by atoms with Gasteiger partial charge in [0.05, 0.1) is 10.9 Å². The molecule has 0 radical (unpaired) electrons. The van der Waals surface area contributed by atoms with E-state index in [0.29, 0.717) is 22.2 Å². The van der Waals surface area contributed by atoms with Crippen LogP contribution in [0.1, 0.15) is 11.1 Å². The summed E-state index contributed by atoms with van der Waals surface area (Å²) in [7, 11) is 0. The zero-order chi connectivity index (χ0) is 16.2. The van der Waals surface area contributed by atoms with Crippen LogP contribution in [0.25, 0.3) is 17.0 Å². The van der Waals surface area contributed by atoms with Crippen molar-refractivity contribution >= 4 is 28.6 Å². The number of rotatable bonds is 3. The Balaban J connectivity index is 1.81. The van der Waals surface area contributed by atoms with E-state index in [1.54, 1.807) is 24.3 Å². The highest BCUT2D eigenvalue weighted by atomic mass is 16.3. The van der Waals surface area contributed by atoms with Crippen LogP contribution in [0, 0.1) is 6.92 Å². The minimum Gasteiger partial charge on any atom is -0.463 e. The van der Waals surface area contributed by atoms with Crippen molar-refractivity contribution in [1.82, 2.24) is 0 Å². The first-order chi connectivity index (χ1) is 11.1. The summed E-state index contributed by atoms with van der Waals surface area (Å²) in [5.41, 5.74) is 2.47. The average Bonchev–Trinajstić information content (AvgIpc) is 2.54.